The van der Waals surface area contributed by atoms with E-state index >= 15 is 0 Å². The number of hydrogen-bond donors (Lipinski definition) is 2. The number of carbonyl (C=O) groups excluding carboxylic acids is 3. The number of nitrogens with zero attached hydrogens (tertiary/aromatic N) is 1. The van der Waals surface area contributed by atoms with Crippen molar-refractivity contribution in [3.8, 4) is 0 Å². The van der Waals surface area contributed by atoms with E-state index in [0.717, 1.165) is 24.1 Å². The summed E-state index contributed by atoms with van der Waals surface area (Å²) in [6.07, 6.45) is -2.75. The summed E-state index contributed by atoms with van der Waals surface area (Å²) in [5, 5.41) is 5.74. The Balaban J connectivity index is 1.67. The van der Waals surface area contributed by atoms with Crippen LogP contribution in [0.1, 0.15) is 58.0 Å². The first-order valence-corrected chi connectivity index (χ1v) is 11.7. The van der Waals surface area contributed by atoms with E-state index in [9.17, 15) is 27.6 Å². The molecule has 1 heterocycles. The van der Waals surface area contributed by atoms with Crippen molar-refractivity contribution in [2.24, 2.45) is 5.92 Å². The zero-order chi connectivity index (χ0) is 25.6. The highest BCUT2D eigenvalue weighted by Crippen LogP contribution is 2.29. The Bertz CT molecular complexity index is 1050. The van der Waals surface area contributed by atoms with Gasteiger partial charge in [-0.05, 0) is 68.0 Å². The van der Waals surface area contributed by atoms with E-state index in [1.165, 1.54) is 12.1 Å². The van der Waals surface area contributed by atoms with Gasteiger partial charge in [0.15, 0.2) is 0 Å². The summed E-state index contributed by atoms with van der Waals surface area (Å²) in [7, 11) is 0. The Morgan fingerprint density at radius 2 is 1.66 bits per heavy atom. The van der Waals surface area contributed by atoms with Gasteiger partial charge in [0, 0.05) is 30.8 Å². The molecule has 35 heavy (non-hydrogen) atoms. The summed E-state index contributed by atoms with van der Waals surface area (Å²) in [5.41, 5.74) is 0.671. The minimum absolute atomic E-state index is 0.182. The summed E-state index contributed by atoms with van der Waals surface area (Å²) < 4.78 is 38.4. The predicted molar refractivity (Wildman–Crippen MR) is 126 cm³/mol. The van der Waals surface area contributed by atoms with E-state index in [1.807, 2.05) is 26.0 Å². The molecule has 1 fully saturated rings. The average molecular weight is 490 g/mol. The van der Waals surface area contributed by atoms with Crippen LogP contribution in [0.25, 0.3) is 0 Å². The molecule has 188 valence electrons. The van der Waals surface area contributed by atoms with Gasteiger partial charge < -0.3 is 15.5 Å². The van der Waals surface area contributed by atoms with Crippen molar-refractivity contribution in [3.05, 3.63) is 70.8 Å². The standard InChI is InChI=1S/C26H30F3N3O3/c1-3-14-30-24(34)22(31-23(33)21-7-5-4-6-17(21)2)18-12-15-32(16-13-18)25(35)19-8-10-20(11-9-19)26(27,28)29/h4-11,18,22H,3,12-16H2,1-2H3,(H,30,34)(H,31,33). The number of carbonyl (C=O) groups is 3. The fourth-order valence-corrected chi connectivity index (χ4v) is 4.22. The molecule has 2 N–H and O–H groups in total. The van der Waals surface area contributed by atoms with Gasteiger partial charge in [-0.25, -0.2) is 0 Å². The molecular weight excluding hydrogens is 459 g/mol. The zero-order valence-corrected chi connectivity index (χ0v) is 19.8. The molecule has 9 heteroatoms. The number of alkyl halides is 3. The van der Waals surface area contributed by atoms with Gasteiger partial charge in [-0.2, -0.15) is 13.2 Å². The summed E-state index contributed by atoms with van der Waals surface area (Å²) in [6.45, 7) is 4.92. The Kier molecular flexibility index (Phi) is 8.53. The number of benzene rings is 2. The SMILES string of the molecule is CCCNC(=O)C(NC(=O)c1ccccc1C)C1CCN(C(=O)c2ccc(C(F)(F)F)cc2)CC1. The van der Waals surface area contributed by atoms with Crippen molar-refractivity contribution in [2.45, 2.75) is 45.3 Å². The van der Waals surface area contributed by atoms with E-state index in [0.29, 0.717) is 38.0 Å². The first kappa shape index (κ1) is 26.2. The van der Waals surface area contributed by atoms with Crippen molar-refractivity contribution in [1.82, 2.24) is 15.5 Å². The molecule has 1 atom stereocenters. The summed E-state index contributed by atoms with van der Waals surface area (Å²) in [4.78, 5) is 40.2. The maximum atomic E-state index is 12.9. The number of halogens is 3. The van der Waals surface area contributed by atoms with Gasteiger partial charge in [0.2, 0.25) is 5.91 Å². The number of likely N-dealkylation sites (tertiary alicyclic amines) is 1. The van der Waals surface area contributed by atoms with Crippen LogP contribution >= 0.6 is 0 Å². The number of hydrogen-bond acceptors (Lipinski definition) is 3. The average Bonchev–Trinajstić information content (AvgIpc) is 2.85. The molecular formula is C26H30F3N3O3. The first-order valence-electron chi connectivity index (χ1n) is 11.7. The van der Waals surface area contributed by atoms with Crippen LogP contribution in [-0.4, -0.2) is 48.3 Å². The van der Waals surface area contributed by atoms with E-state index in [-0.39, 0.29) is 29.2 Å². The van der Waals surface area contributed by atoms with E-state index < -0.39 is 17.8 Å². The monoisotopic (exact) mass is 489 g/mol. The molecule has 2 aromatic rings. The fourth-order valence-electron chi connectivity index (χ4n) is 4.22. The molecule has 0 bridgehead atoms. The summed E-state index contributed by atoms with van der Waals surface area (Å²) in [6, 6.07) is 10.5. The molecule has 3 amide bonds. The molecule has 0 saturated carbocycles. The molecule has 1 unspecified atom stereocenters. The van der Waals surface area contributed by atoms with Crippen LogP contribution in [0.5, 0.6) is 0 Å². The Hall–Kier alpha value is -3.36. The first-order chi connectivity index (χ1) is 16.6. The highest BCUT2D eigenvalue weighted by Gasteiger charge is 2.35. The maximum Gasteiger partial charge on any atom is 0.416 e. The second-order valence-electron chi connectivity index (χ2n) is 8.76. The van der Waals surface area contributed by atoms with Crippen molar-refractivity contribution in [1.29, 1.82) is 0 Å². The third-order valence-electron chi connectivity index (χ3n) is 6.27. The van der Waals surface area contributed by atoms with E-state index in [1.54, 1.807) is 17.0 Å². The maximum absolute atomic E-state index is 12.9. The van der Waals surface area contributed by atoms with Crippen LogP contribution < -0.4 is 10.6 Å². The number of aryl methyl sites for hydroxylation is 1. The number of piperidine rings is 1. The van der Waals surface area contributed by atoms with Gasteiger partial charge in [-0.1, -0.05) is 25.1 Å². The van der Waals surface area contributed by atoms with Crippen molar-refractivity contribution in [3.63, 3.8) is 0 Å². The lowest BCUT2D eigenvalue weighted by Crippen LogP contribution is -2.54. The Morgan fingerprint density at radius 3 is 2.23 bits per heavy atom. The van der Waals surface area contributed by atoms with Crippen molar-refractivity contribution in [2.75, 3.05) is 19.6 Å². The molecule has 6 nitrogen and oxygen atoms in total. The molecule has 1 aliphatic rings. The van der Waals surface area contributed by atoms with Gasteiger partial charge in [-0.3, -0.25) is 14.4 Å². The van der Waals surface area contributed by atoms with E-state index in [2.05, 4.69) is 10.6 Å². The van der Waals surface area contributed by atoms with Gasteiger partial charge >= 0.3 is 6.18 Å². The quantitative estimate of drug-likeness (QED) is 0.612. The van der Waals surface area contributed by atoms with E-state index in [4.69, 9.17) is 0 Å². The lowest BCUT2D eigenvalue weighted by molar-refractivity contribution is -0.137. The van der Waals surface area contributed by atoms with Gasteiger partial charge in [-0.15, -0.1) is 0 Å². The summed E-state index contributed by atoms with van der Waals surface area (Å²) in [5.74, 6) is -1.13. The number of rotatable bonds is 7. The topological polar surface area (TPSA) is 78.5 Å². The minimum atomic E-state index is -4.46. The van der Waals surface area contributed by atoms with Crippen LogP contribution in [0.4, 0.5) is 13.2 Å². The number of amides is 3. The number of nitrogens with one attached hydrogen (secondary N) is 2. The molecule has 0 aliphatic carbocycles. The Labute approximate surface area is 202 Å². The molecule has 3 rings (SSSR count). The molecule has 1 aliphatic heterocycles. The van der Waals surface area contributed by atoms with Crippen LogP contribution in [0.15, 0.2) is 48.5 Å². The molecule has 0 radical (unpaired) electrons. The van der Waals surface area contributed by atoms with Crippen LogP contribution in [0.3, 0.4) is 0 Å². The van der Waals surface area contributed by atoms with Crippen LogP contribution in [0.2, 0.25) is 0 Å². The lowest BCUT2D eigenvalue weighted by Gasteiger charge is -2.36. The highest BCUT2D eigenvalue weighted by atomic mass is 19.4. The largest absolute Gasteiger partial charge is 0.416 e. The third-order valence-corrected chi connectivity index (χ3v) is 6.27. The zero-order valence-electron chi connectivity index (χ0n) is 19.8. The molecule has 0 aromatic heterocycles. The third kappa shape index (κ3) is 6.61. The molecule has 1 saturated heterocycles. The summed E-state index contributed by atoms with van der Waals surface area (Å²) >= 11 is 0. The van der Waals surface area contributed by atoms with Crippen molar-refractivity contribution < 1.29 is 27.6 Å². The van der Waals surface area contributed by atoms with Crippen LogP contribution in [0, 0.1) is 12.8 Å². The van der Waals surface area contributed by atoms with Crippen LogP contribution in [-0.2, 0) is 11.0 Å². The minimum Gasteiger partial charge on any atom is -0.354 e. The normalized spacial score (nSPS) is 15.4. The smallest absolute Gasteiger partial charge is 0.354 e. The molecule has 2 aromatic carbocycles. The Morgan fingerprint density at radius 1 is 1.03 bits per heavy atom. The predicted octanol–water partition coefficient (Wildman–Crippen LogP) is 4.19. The highest BCUT2D eigenvalue weighted by molar-refractivity contribution is 5.98. The van der Waals surface area contributed by atoms with Gasteiger partial charge in [0.25, 0.3) is 11.8 Å². The van der Waals surface area contributed by atoms with Gasteiger partial charge in [0.1, 0.15) is 6.04 Å². The van der Waals surface area contributed by atoms with Crippen molar-refractivity contribution >= 4 is 17.7 Å². The van der Waals surface area contributed by atoms with Gasteiger partial charge in [0.05, 0.1) is 5.56 Å². The second kappa shape index (κ2) is 11.4. The lowest BCUT2D eigenvalue weighted by atomic mass is 9.88. The molecule has 0 spiro atoms. The second-order valence-corrected chi connectivity index (χ2v) is 8.76. The fraction of sp³-hybridized carbons (Fsp3) is 0.423.